The summed E-state index contributed by atoms with van der Waals surface area (Å²) in [6.07, 6.45) is 2.68. The van der Waals surface area contributed by atoms with Crippen LogP contribution < -0.4 is 10.2 Å². The second kappa shape index (κ2) is 6.90. The molecular weight excluding hydrogens is 266 g/mol. The van der Waals surface area contributed by atoms with E-state index < -0.39 is 0 Å². The SMILES string of the molecule is CCN(c1nc(C(C)C)c(CNCC(C)C)s1)C1CC1. The molecular formula is C16H29N3S. The van der Waals surface area contributed by atoms with Gasteiger partial charge in [-0.15, -0.1) is 11.3 Å². The summed E-state index contributed by atoms with van der Waals surface area (Å²) in [5.74, 6) is 1.21. The fraction of sp³-hybridized carbons (Fsp3) is 0.812. The van der Waals surface area contributed by atoms with Crippen molar-refractivity contribution in [2.45, 2.75) is 66.0 Å². The van der Waals surface area contributed by atoms with E-state index in [-0.39, 0.29) is 0 Å². The summed E-state index contributed by atoms with van der Waals surface area (Å²) >= 11 is 1.89. The van der Waals surface area contributed by atoms with Gasteiger partial charge >= 0.3 is 0 Å². The van der Waals surface area contributed by atoms with Gasteiger partial charge < -0.3 is 10.2 Å². The zero-order valence-corrected chi connectivity index (χ0v) is 14.4. The van der Waals surface area contributed by atoms with Crippen LogP contribution >= 0.6 is 11.3 Å². The summed E-state index contributed by atoms with van der Waals surface area (Å²) in [6, 6.07) is 0.752. The van der Waals surface area contributed by atoms with E-state index in [1.165, 1.54) is 28.5 Å². The minimum Gasteiger partial charge on any atom is -0.345 e. The maximum Gasteiger partial charge on any atom is 0.186 e. The Kier molecular flexibility index (Phi) is 5.44. The van der Waals surface area contributed by atoms with Crippen molar-refractivity contribution in [1.82, 2.24) is 10.3 Å². The van der Waals surface area contributed by atoms with Crippen LogP contribution in [0.4, 0.5) is 5.13 Å². The molecule has 0 radical (unpaired) electrons. The Bertz CT molecular complexity index is 421. The van der Waals surface area contributed by atoms with Gasteiger partial charge in [0.1, 0.15) is 0 Å². The van der Waals surface area contributed by atoms with Crippen LogP contribution in [0.15, 0.2) is 0 Å². The molecule has 1 heterocycles. The van der Waals surface area contributed by atoms with Crippen molar-refractivity contribution in [3.63, 3.8) is 0 Å². The first-order valence-electron chi connectivity index (χ1n) is 7.99. The van der Waals surface area contributed by atoms with Crippen LogP contribution in [0.2, 0.25) is 0 Å². The summed E-state index contributed by atoms with van der Waals surface area (Å²) in [4.78, 5) is 8.86. The van der Waals surface area contributed by atoms with E-state index >= 15 is 0 Å². The molecule has 1 aromatic heterocycles. The quantitative estimate of drug-likeness (QED) is 0.785. The molecule has 0 spiro atoms. The molecule has 0 unspecified atom stereocenters. The third kappa shape index (κ3) is 3.95. The zero-order chi connectivity index (χ0) is 14.7. The molecule has 1 N–H and O–H groups in total. The van der Waals surface area contributed by atoms with Crippen molar-refractivity contribution in [3.05, 3.63) is 10.6 Å². The summed E-state index contributed by atoms with van der Waals surface area (Å²) < 4.78 is 0. The van der Waals surface area contributed by atoms with Gasteiger partial charge in [-0.3, -0.25) is 0 Å². The Morgan fingerprint density at radius 1 is 1.30 bits per heavy atom. The molecule has 0 aromatic carbocycles. The number of hydrogen-bond donors (Lipinski definition) is 1. The lowest BCUT2D eigenvalue weighted by Crippen LogP contribution is -2.24. The third-order valence-electron chi connectivity index (χ3n) is 3.68. The van der Waals surface area contributed by atoms with Gasteiger partial charge in [-0.1, -0.05) is 27.7 Å². The van der Waals surface area contributed by atoms with Gasteiger partial charge in [-0.2, -0.15) is 0 Å². The first-order valence-corrected chi connectivity index (χ1v) is 8.81. The molecule has 20 heavy (non-hydrogen) atoms. The molecule has 4 heteroatoms. The Morgan fingerprint density at radius 2 is 2.00 bits per heavy atom. The van der Waals surface area contributed by atoms with Crippen molar-refractivity contribution in [2.24, 2.45) is 5.92 Å². The van der Waals surface area contributed by atoms with E-state index in [9.17, 15) is 0 Å². The maximum absolute atomic E-state index is 4.94. The fourth-order valence-electron chi connectivity index (χ4n) is 2.46. The number of nitrogens with one attached hydrogen (secondary N) is 1. The largest absolute Gasteiger partial charge is 0.345 e. The summed E-state index contributed by atoms with van der Waals surface area (Å²) in [5.41, 5.74) is 1.29. The Hall–Kier alpha value is -0.610. The lowest BCUT2D eigenvalue weighted by atomic mass is 10.1. The predicted molar refractivity (Wildman–Crippen MR) is 88.8 cm³/mol. The van der Waals surface area contributed by atoms with E-state index in [0.717, 1.165) is 25.7 Å². The number of hydrogen-bond acceptors (Lipinski definition) is 4. The average Bonchev–Trinajstić information content (AvgIpc) is 3.10. The van der Waals surface area contributed by atoms with Crippen molar-refractivity contribution >= 4 is 16.5 Å². The summed E-state index contributed by atoms with van der Waals surface area (Å²) in [6.45, 7) is 14.4. The smallest absolute Gasteiger partial charge is 0.186 e. The fourth-order valence-corrected chi connectivity index (χ4v) is 3.78. The topological polar surface area (TPSA) is 28.2 Å². The molecule has 0 saturated heterocycles. The van der Waals surface area contributed by atoms with Crippen LogP contribution in [0.5, 0.6) is 0 Å². The van der Waals surface area contributed by atoms with Gasteiger partial charge in [0.25, 0.3) is 0 Å². The van der Waals surface area contributed by atoms with Crippen molar-refractivity contribution in [3.8, 4) is 0 Å². The lowest BCUT2D eigenvalue weighted by molar-refractivity contribution is 0.552. The minimum atomic E-state index is 0.508. The summed E-state index contributed by atoms with van der Waals surface area (Å²) in [7, 11) is 0. The number of nitrogens with zero attached hydrogens (tertiary/aromatic N) is 2. The summed E-state index contributed by atoms with van der Waals surface area (Å²) in [5, 5.41) is 4.80. The van der Waals surface area contributed by atoms with Crippen molar-refractivity contribution < 1.29 is 0 Å². The molecule has 114 valence electrons. The molecule has 0 atom stereocenters. The minimum absolute atomic E-state index is 0.508. The molecule has 1 aliphatic carbocycles. The van der Waals surface area contributed by atoms with Crippen molar-refractivity contribution in [2.75, 3.05) is 18.0 Å². The van der Waals surface area contributed by atoms with E-state index in [1.807, 2.05) is 11.3 Å². The van der Waals surface area contributed by atoms with Crippen LogP contribution in [-0.2, 0) is 6.54 Å². The molecule has 2 rings (SSSR count). The van der Waals surface area contributed by atoms with Gasteiger partial charge in [0.05, 0.1) is 5.69 Å². The molecule has 0 bridgehead atoms. The first-order chi connectivity index (χ1) is 9.52. The zero-order valence-electron chi connectivity index (χ0n) is 13.6. The third-order valence-corrected chi connectivity index (χ3v) is 4.78. The molecule has 0 amide bonds. The number of rotatable bonds is 8. The van der Waals surface area contributed by atoms with Gasteiger partial charge in [0, 0.05) is 24.0 Å². The van der Waals surface area contributed by atoms with Crippen LogP contribution in [0.25, 0.3) is 0 Å². The van der Waals surface area contributed by atoms with Crippen molar-refractivity contribution in [1.29, 1.82) is 0 Å². The molecule has 3 nitrogen and oxygen atoms in total. The highest BCUT2D eigenvalue weighted by Crippen LogP contribution is 2.36. The number of aromatic nitrogens is 1. The standard InChI is InChI=1S/C16H29N3S/c1-6-19(13-7-8-13)16-18-15(12(4)5)14(20-16)10-17-9-11(2)3/h11-13,17H,6-10H2,1-5H3. The molecule has 1 fully saturated rings. The normalized spacial score (nSPS) is 15.3. The highest BCUT2D eigenvalue weighted by molar-refractivity contribution is 7.15. The molecule has 1 saturated carbocycles. The van der Waals surface area contributed by atoms with E-state index in [4.69, 9.17) is 4.98 Å². The number of thiazole rings is 1. The Balaban J connectivity index is 2.10. The Morgan fingerprint density at radius 3 is 2.50 bits per heavy atom. The van der Waals surface area contributed by atoms with Gasteiger partial charge in [-0.05, 0) is 38.1 Å². The number of anilines is 1. The van der Waals surface area contributed by atoms with Crippen LogP contribution in [-0.4, -0.2) is 24.1 Å². The van der Waals surface area contributed by atoms with Crippen LogP contribution in [0.1, 0.15) is 63.9 Å². The van der Waals surface area contributed by atoms with Gasteiger partial charge in [0.15, 0.2) is 5.13 Å². The second-order valence-corrected chi connectivity index (χ2v) is 7.56. The first kappa shape index (κ1) is 15.8. The average molecular weight is 295 g/mol. The molecule has 1 aromatic rings. The van der Waals surface area contributed by atoms with Crippen LogP contribution in [0, 0.1) is 5.92 Å². The van der Waals surface area contributed by atoms with Crippen LogP contribution in [0.3, 0.4) is 0 Å². The highest BCUT2D eigenvalue weighted by atomic mass is 32.1. The molecule has 0 aliphatic heterocycles. The van der Waals surface area contributed by atoms with E-state index in [0.29, 0.717) is 11.8 Å². The highest BCUT2D eigenvalue weighted by Gasteiger charge is 2.30. The second-order valence-electron chi connectivity index (χ2n) is 6.50. The maximum atomic E-state index is 4.94. The predicted octanol–water partition coefficient (Wildman–Crippen LogP) is 4.00. The monoisotopic (exact) mass is 295 g/mol. The van der Waals surface area contributed by atoms with Gasteiger partial charge in [-0.25, -0.2) is 4.98 Å². The van der Waals surface area contributed by atoms with E-state index in [2.05, 4.69) is 44.8 Å². The van der Waals surface area contributed by atoms with Gasteiger partial charge in [0.2, 0.25) is 0 Å². The van der Waals surface area contributed by atoms with E-state index in [1.54, 1.807) is 0 Å². The Labute approximate surface area is 127 Å². The lowest BCUT2D eigenvalue weighted by Gasteiger charge is -2.18. The molecule has 1 aliphatic rings.